The van der Waals surface area contributed by atoms with Crippen LogP contribution in [0.15, 0.2) is 12.2 Å². The molecule has 22 atom stereocenters. The van der Waals surface area contributed by atoms with E-state index < -0.39 is 174 Å². The number of amides is 2. The van der Waals surface area contributed by atoms with Gasteiger partial charge in [-0.05, 0) is 19.3 Å². The number of hydrogen-bond acceptors (Lipinski definition) is 23. The van der Waals surface area contributed by atoms with E-state index in [4.69, 9.17) is 37.9 Å². The highest BCUT2D eigenvalue weighted by Crippen LogP contribution is 2.35. The zero-order valence-electron chi connectivity index (χ0n) is 56.3. The topological polar surface area (TPSA) is 395 Å². The molecule has 4 heterocycles. The Labute approximate surface area is 553 Å². The number of ether oxygens (including phenoxy) is 8. The van der Waals surface area contributed by atoms with E-state index in [1.54, 1.807) is 6.08 Å². The number of unbranched alkanes of at least 4 members (excludes halogenated alkanes) is 31. The molecule has 4 aliphatic heterocycles. The number of carbonyl (C=O) groups is 2. The van der Waals surface area contributed by atoms with Crippen molar-refractivity contribution in [3.8, 4) is 0 Å². The van der Waals surface area contributed by atoms with Crippen LogP contribution in [0.25, 0.3) is 0 Å². The highest BCUT2D eigenvalue weighted by molar-refractivity contribution is 5.76. The first-order chi connectivity index (χ1) is 45.0. The van der Waals surface area contributed by atoms with Crippen LogP contribution in [0.5, 0.6) is 0 Å². The van der Waals surface area contributed by atoms with Crippen LogP contribution in [-0.2, 0) is 47.5 Å². The molecule has 0 aromatic carbocycles. The lowest BCUT2D eigenvalue weighted by Crippen LogP contribution is -2.69. The maximum absolute atomic E-state index is 13.4. The predicted molar refractivity (Wildman–Crippen MR) is 345 cm³/mol. The fraction of sp³-hybridized carbons (Fsp3) is 0.941. The minimum absolute atomic E-state index is 0.219. The maximum atomic E-state index is 13.4. The van der Waals surface area contributed by atoms with Crippen molar-refractivity contribution in [3.05, 3.63) is 12.2 Å². The number of carbonyl (C=O) groups excluding carboxylic acids is 2. The van der Waals surface area contributed by atoms with E-state index >= 15 is 0 Å². The number of nitrogens with one attached hydrogen (secondary N) is 2. The third-order valence-electron chi connectivity index (χ3n) is 18.6. The summed E-state index contributed by atoms with van der Waals surface area (Å²) in [7, 11) is 0. The second kappa shape index (κ2) is 48.6. The summed E-state index contributed by atoms with van der Waals surface area (Å²) >= 11 is 0. The summed E-state index contributed by atoms with van der Waals surface area (Å²) in [5.74, 6) is -0.999. The summed E-state index contributed by atoms with van der Waals surface area (Å²) in [4.78, 5) is 25.5. The molecular weight excluding hydrogens is 1210 g/mol. The van der Waals surface area contributed by atoms with Crippen LogP contribution in [0.2, 0.25) is 0 Å². The third-order valence-corrected chi connectivity index (χ3v) is 18.6. The molecule has 25 nitrogen and oxygen atoms in total. The van der Waals surface area contributed by atoms with Crippen LogP contribution in [0.1, 0.15) is 239 Å². The van der Waals surface area contributed by atoms with Gasteiger partial charge in [-0.2, -0.15) is 0 Å². The van der Waals surface area contributed by atoms with Crippen molar-refractivity contribution in [2.75, 3.05) is 33.0 Å². The predicted octanol–water partition coefficient (Wildman–Crippen LogP) is 4.12. The summed E-state index contributed by atoms with van der Waals surface area (Å²) < 4.78 is 46.5. The Balaban J connectivity index is 1.29. The number of aliphatic hydroxyl groups excluding tert-OH is 13. The van der Waals surface area contributed by atoms with Crippen LogP contribution >= 0.6 is 0 Å². The van der Waals surface area contributed by atoms with Crippen molar-refractivity contribution in [2.24, 2.45) is 0 Å². The van der Waals surface area contributed by atoms with Gasteiger partial charge in [0, 0.05) is 13.3 Å². The molecule has 0 unspecified atom stereocenters. The van der Waals surface area contributed by atoms with E-state index in [0.29, 0.717) is 12.8 Å². The summed E-state index contributed by atoms with van der Waals surface area (Å²) in [6.45, 7) is 1.65. The van der Waals surface area contributed by atoms with Crippen LogP contribution < -0.4 is 10.6 Å². The van der Waals surface area contributed by atoms with E-state index in [1.807, 2.05) is 6.08 Å². The minimum atomic E-state index is -2.10. The molecular formula is C68H126N2O23. The lowest BCUT2D eigenvalue weighted by atomic mass is 9.95. The Morgan fingerprint density at radius 2 is 0.785 bits per heavy atom. The molecule has 4 rings (SSSR count). The van der Waals surface area contributed by atoms with Crippen molar-refractivity contribution < 1.29 is 114 Å². The number of aliphatic hydroxyl groups is 13. The van der Waals surface area contributed by atoms with Crippen LogP contribution in [0.3, 0.4) is 0 Å². The van der Waals surface area contributed by atoms with E-state index in [2.05, 4.69) is 24.5 Å². The summed E-state index contributed by atoms with van der Waals surface area (Å²) in [6, 6.07) is -2.53. The summed E-state index contributed by atoms with van der Waals surface area (Å²) in [6.07, 6.45) is 8.46. The second-order valence-electron chi connectivity index (χ2n) is 26.4. The standard InChI is InChI=1S/C68H126N2O23/c1-4-6-8-10-12-14-16-18-19-20-21-22-23-24-25-27-29-31-33-35-37-39-52(77)70-46(47(76)38-36-34-32-30-28-26-17-15-13-11-9-7-5-2)44-86-66-59(83)57(81)62(50(42-73)89-66)91-67-60(84)58(82)63(51(43-74)90-67)92-68-61(85)64(55(79)49(41-72)88-68)93-65-53(69-45(3)75)56(80)54(78)48(40-71)87-65/h36,38,46-51,53-68,71-74,76,78-85H,4-35,37,39-44H2,1-3H3,(H,69,75)(H,70,77)/b38-36+/t46-,47+,48-,49-,50-,51-,53-,54+,55+,56-,57-,58-,59-,60-,61-,62-,63+,64+,65+,66-,67+,68+/m1/s1. The molecule has 25 heteroatoms. The summed E-state index contributed by atoms with van der Waals surface area (Å²) in [5.41, 5.74) is 0. The zero-order chi connectivity index (χ0) is 67.9. The quantitative estimate of drug-likeness (QED) is 0.0301. The monoisotopic (exact) mass is 1340 g/mol. The van der Waals surface area contributed by atoms with Gasteiger partial charge in [0.2, 0.25) is 11.8 Å². The van der Waals surface area contributed by atoms with Gasteiger partial charge < -0.3 is 115 Å². The Hall–Kier alpha value is -2.16. The fourth-order valence-electron chi connectivity index (χ4n) is 12.8. The molecule has 0 spiro atoms. The first-order valence-electron chi connectivity index (χ1n) is 35.9. The average molecular weight is 1340 g/mol. The van der Waals surface area contributed by atoms with Gasteiger partial charge in [-0.1, -0.05) is 219 Å². The molecule has 4 saturated heterocycles. The molecule has 0 bridgehead atoms. The number of rotatable bonds is 51. The van der Waals surface area contributed by atoms with Gasteiger partial charge in [-0.15, -0.1) is 0 Å². The first-order valence-corrected chi connectivity index (χ1v) is 35.9. The average Bonchev–Trinajstić information content (AvgIpc) is 1.36. The van der Waals surface area contributed by atoms with E-state index in [0.717, 1.165) is 45.4 Å². The Morgan fingerprint density at radius 3 is 1.23 bits per heavy atom. The fourth-order valence-corrected chi connectivity index (χ4v) is 12.8. The van der Waals surface area contributed by atoms with Gasteiger partial charge in [0.15, 0.2) is 25.2 Å². The van der Waals surface area contributed by atoms with Crippen molar-refractivity contribution in [1.29, 1.82) is 0 Å². The molecule has 0 aliphatic carbocycles. The summed E-state index contributed by atoms with van der Waals surface area (Å²) in [5, 5.41) is 148. The molecule has 0 radical (unpaired) electrons. The number of allylic oxidation sites excluding steroid dienone is 1. The first kappa shape index (κ1) is 83.3. The zero-order valence-corrected chi connectivity index (χ0v) is 56.3. The van der Waals surface area contributed by atoms with Crippen LogP contribution in [0, 0.1) is 0 Å². The van der Waals surface area contributed by atoms with Crippen molar-refractivity contribution >= 4 is 11.8 Å². The molecule has 4 fully saturated rings. The van der Waals surface area contributed by atoms with Crippen LogP contribution in [0.4, 0.5) is 0 Å². The maximum Gasteiger partial charge on any atom is 0.220 e. The van der Waals surface area contributed by atoms with Gasteiger partial charge in [0.1, 0.15) is 97.6 Å². The normalized spacial score (nSPS) is 32.4. The van der Waals surface area contributed by atoms with Gasteiger partial charge in [0.25, 0.3) is 0 Å². The molecule has 93 heavy (non-hydrogen) atoms. The molecule has 546 valence electrons. The lowest BCUT2D eigenvalue weighted by molar-refractivity contribution is -0.386. The van der Waals surface area contributed by atoms with E-state index in [9.17, 15) is 76.0 Å². The smallest absolute Gasteiger partial charge is 0.220 e. The number of hydrogen-bond donors (Lipinski definition) is 15. The van der Waals surface area contributed by atoms with E-state index in [1.165, 1.54) is 161 Å². The van der Waals surface area contributed by atoms with Crippen molar-refractivity contribution in [3.63, 3.8) is 0 Å². The largest absolute Gasteiger partial charge is 0.394 e. The van der Waals surface area contributed by atoms with Gasteiger partial charge >= 0.3 is 0 Å². The molecule has 4 aliphatic rings. The van der Waals surface area contributed by atoms with Crippen LogP contribution in [-0.4, -0.2) is 246 Å². The SMILES string of the molecule is CCCCCCCCCCCCC/C=C/[C@H](O)[C@@H](CO[C@@H]1O[C@H](CO)[C@@H](O[C@@H]2O[C@H](CO)[C@H](O[C@@H]3O[C@H](CO)[C@H](O)[C@H](O[C@@H]4O[C@H](CO)[C@H](O)[C@H](O)[C@H]4NC(C)=O)[C@H]3O)[C@H](O)[C@H]2O)[C@H](O)[C@H]1O)NC(=O)CCCCCCCCCCCCCCCCCCCCCCC. The molecule has 15 N–H and O–H groups in total. The van der Waals surface area contributed by atoms with E-state index in [-0.39, 0.29) is 12.3 Å². The Bertz CT molecular complexity index is 1930. The molecule has 0 saturated carbocycles. The van der Waals surface area contributed by atoms with Gasteiger partial charge in [-0.25, -0.2) is 0 Å². The molecule has 0 aromatic rings. The highest BCUT2D eigenvalue weighted by atomic mass is 16.8. The van der Waals surface area contributed by atoms with Crippen molar-refractivity contribution in [2.45, 2.75) is 374 Å². The second-order valence-corrected chi connectivity index (χ2v) is 26.4. The van der Waals surface area contributed by atoms with Gasteiger partial charge in [-0.3, -0.25) is 9.59 Å². The minimum Gasteiger partial charge on any atom is -0.394 e. The van der Waals surface area contributed by atoms with Gasteiger partial charge in [0.05, 0.1) is 45.2 Å². The third kappa shape index (κ3) is 29.7. The van der Waals surface area contributed by atoms with Crippen molar-refractivity contribution in [1.82, 2.24) is 10.6 Å². The Kier molecular flexibility index (Phi) is 43.5. The highest BCUT2D eigenvalue weighted by Gasteiger charge is 2.56. The molecule has 2 amide bonds. The molecule has 0 aromatic heterocycles. The Morgan fingerprint density at radius 1 is 0.419 bits per heavy atom. The lowest BCUT2D eigenvalue weighted by Gasteiger charge is -2.49.